The Morgan fingerprint density at radius 2 is 2.06 bits per heavy atom. The minimum Gasteiger partial charge on any atom is -0.379 e. The van der Waals surface area contributed by atoms with Crippen LogP contribution in [0.25, 0.3) is 0 Å². The van der Waals surface area contributed by atoms with Crippen molar-refractivity contribution < 1.29 is 9.53 Å². The smallest absolute Gasteiger partial charge is 0.315 e. The van der Waals surface area contributed by atoms with Gasteiger partial charge in [0, 0.05) is 12.6 Å². The third kappa shape index (κ3) is 3.60. The zero-order valence-corrected chi connectivity index (χ0v) is 10.7. The Hall–Kier alpha value is -0.770. The average Bonchev–Trinajstić information content (AvgIpc) is 2.82. The van der Waals surface area contributed by atoms with Crippen molar-refractivity contribution in [3.63, 3.8) is 0 Å². The molecular formula is C13H24N2O2. The normalized spacial score (nSPS) is 33.4. The van der Waals surface area contributed by atoms with Crippen molar-refractivity contribution in [1.82, 2.24) is 10.6 Å². The first-order valence-corrected chi connectivity index (χ1v) is 6.94. The fraction of sp³-hybridized carbons (Fsp3) is 0.923. The number of nitrogens with one attached hydrogen (secondary N) is 2. The summed E-state index contributed by atoms with van der Waals surface area (Å²) in [5.74, 6) is 0.661. The van der Waals surface area contributed by atoms with Crippen LogP contribution in [0.4, 0.5) is 4.79 Å². The summed E-state index contributed by atoms with van der Waals surface area (Å²) in [5.41, 5.74) is 0. The quantitative estimate of drug-likeness (QED) is 0.793. The van der Waals surface area contributed by atoms with Crippen molar-refractivity contribution in [3.05, 3.63) is 0 Å². The van der Waals surface area contributed by atoms with E-state index in [-0.39, 0.29) is 12.1 Å². The van der Waals surface area contributed by atoms with Crippen LogP contribution in [0.15, 0.2) is 0 Å². The van der Waals surface area contributed by atoms with Gasteiger partial charge in [-0.3, -0.25) is 0 Å². The Labute approximate surface area is 103 Å². The van der Waals surface area contributed by atoms with Crippen molar-refractivity contribution >= 4 is 6.03 Å². The highest BCUT2D eigenvalue weighted by Crippen LogP contribution is 2.26. The molecule has 0 aromatic rings. The predicted octanol–water partition coefficient (Wildman–Crippen LogP) is 2.04. The van der Waals surface area contributed by atoms with E-state index in [2.05, 4.69) is 17.6 Å². The second-order valence-electron chi connectivity index (χ2n) is 5.24. The largest absolute Gasteiger partial charge is 0.379 e. The topological polar surface area (TPSA) is 50.4 Å². The molecule has 1 saturated heterocycles. The minimum atomic E-state index is -0.00847. The fourth-order valence-electron chi connectivity index (χ4n) is 2.93. The van der Waals surface area contributed by atoms with Gasteiger partial charge in [0.05, 0.1) is 12.6 Å². The molecule has 2 N–H and O–H groups in total. The highest BCUT2D eigenvalue weighted by molar-refractivity contribution is 5.74. The van der Waals surface area contributed by atoms with Crippen molar-refractivity contribution in [2.75, 3.05) is 13.2 Å². The maximum absolute atomic E-state index is 11.9. The predicted molar refractivity (Wildman–Crippen MR) is 66.9 cm³/mol. The number of ether oxygens (including phenoxy) is 1. The van der Waals surface area contributed by atoms with Gasteiger partial charge in [-0.15, -0.1) is 0 Å². The van der Waals surface area contributed by atoms with E-state index in [1.54, 1.807) is 0 Å². The molecule has 17 heavy (non-hydrogen) atoms. The van der Waals surface area contributed by atoms with Crippen LogP contribution in [0.5, 0.6) is 0 Å². The summed E-state index contributed by atoms with van der Waals surface area (Å²) < 4.78 is 5.25. The average molecular weight is 240 g/mol. The number of hydrogen-bond acceptors (Lipinski definition) is 2. The van der Waals surface area contributed by atoms with Crippen LogP contribution in [0.1, 0.15) is 45.4 Å². The first kappa shape index (κ1) is 12.7. The number of carbonyl (C=O) groups excluding carboxylic acids is 1. The Kier molecular flexibility index (Phi) is 4.66. The molecule has 0 spiro atoms. The molecule has 1 aliphatic carbocycles. The molecule has 1 saturated carbocycles. The minimum absolute atomic E-state index is 0.00847. The second-order valence-corrected chi connectivity index (χ2v) is 5.24. The summed E-state index contributed by atoms with van der Waals surface area (Å²) in [6, 6.07) is 0.570. The van der Waals surface area contributed by atoms with E-state index in [9.17, 15) is 4.79 Å². The molecule has 0 aromatic heterocycles. The maximum Gasteiger partial charge on any atom is 0.315 e. The van der Waals surface area contributed by atoms with E-state index in [4.69, 9.17) is 4.74 Å². The summed E-state index contributed by atoms with van der Waals surface area (Å²) in [4.78, 5) is 11.9. The number of rotatable bonds is 3. The Morgan fingerprint density at radius 1 is 1.24 bits per heavy atom. The summed E-state index contributed by atoms with van der Waals surface area (Å²) in [5, 5.41) is 6.14. The van der Waals surface area contributed by atoms with Crippen LogP contribution in [0.3, 0.4) is 0 Å². The summed E-state index contributed by atoms with van der Waals surface area (Å²) in [6.45, 7) is 3.65. The van der Waals surface area contributed by atoms with Gasteiger partial charge in [0.15, 0.2) is 0 Å². The van der Waals surface area contributed by atoms with Crippen LogP contribution < -0.4 is 10.6 Å². The molecular weight excluding hydrogens is 216 g/mol. The van der Waals surface area contributed by atoms with Gasteiger partial charge in [-0.25, -0.2) is 4.79 Å². The molecule has 2 rings (SSSR count). The lowest BCUT2D eigenvalue weighted by molar-refractivity contribution is 0.186. The van der Waals surface area contributed by atoms with E-state index in [0.717, 1.165) is 25.9 Å². The number of urea groups is 1. The Morgan fingerprint density at radius 3 is 2.76 bits per heavy atom. The van der Waals surface area contributed by atoms with Crippen LogP contribution in [-0.2, 0) is 4.74 Å². The molecule has 0 aromatic carbocycles. The monoisotopic (exact) mass is 240 g/mol. The van der Waals surface area contributed by atoms with Crippen LogP contribution in [0, 0.1) is 5.92 Å². The summed E-state index contributed by atoms with van der Waals surface area (Å²) in [6.07, 6.45) is 7.05. The Balaban J connectivity index is 1.75. The number of carbonyl (C=O) groups is 1. The van der Waals surface area contributed by atoms with Crippen molar-refractivity contribution in [2.24, 2.45) is 5.92 Å². The van der Waals surface area contributed by atoms with E-state index < -0.39 is 0 Å². The van der Waals surface area contributed by atoms with Crippen LogP contribution in [-0.4, -0.2) is 31.3 Å². The molecule has 1 aliphatic heterocycles. The Bertz CT molecular complexity index is 252. The van der Waals surface area contributed by atoms with Crippen molar-refractivity contribution in [3.8, 4) is 0 Å². The fourth-order valence-corrected chi connectivity index (χ4v) is 2.93. The number of hydrogen-bond donors (Lipinski definition) is 2. The van der Waals surface area contributed by atoms with Crippen LogP contribution in [0.2, 0.25) is 0 Å². The molecule has 2 amide bonds. The summed E-state index contributed by atoms with van der Waals surface area (Å²) >= 11 is 0. The molecule has 3 unspecified atom stereocenters. The molecule has 0 radical (unpaired) electrons. The lowest BCUT2D eigenvalue weighted by atomic mass is 9.83. The zero-order valence-electron chi connectivity index (χ0n) is 10.7. The van der Waals surface area contributed by atoms with Crippen molar-refractivity contribution in [1.29, 1.82) is 0 Å². The van der Waals surface area contributed by atoms with Crippen LogP contribution >= 0.6 is 0 Å². The first-order chi connectivity index (χ1) is 8.29. The molecule has 4 heteroatoms. The van der Waals surface area contributed by atoms with Gasteiger partial charge < -0.3 is 15.4 Å². The lowest BCUT2D eigenvalue weighted by Gasteiger charge is -2.31. The van der Waals surface area contributed by atoms with Gasteiger partial charge >= 0.3 is 6.03 Å². The molecule has 1 heterocycles. The van der Waals surface area contributed by atoms with E-state index in [1.807, 2.05) is 0 Å². The third-order valence-electron chi connectivity index (χ3n) is 4.01. The van der Waals surface area contributed by atoms with Gasteiger partial charge in [-0.2, -0.15) is 0 Å². The molecule has 2 fully saturated rings. The highest BCUT2D eigenvalue weighted by atomic mass is 16.5. The van der Waals surface area contributed by atoms with Gasteiger partial charge in [0.2, 0.25) is 0 Å². The van der Waals surface area contributed by atoms with Gasteiger partial charge in [-0.1, -0.05) is 26.2 Å². The van der Waals surface area contributed by atoms with E-state index in [1.165, 1.54) is 19.3 Å². The lowest BCUT2D eigenvalue weighted by Crippen LogP contribution is -2.49. The standard InChI is InChI=1S/C13H24N2O2/c1-2-10-5-3-4-6-12(10)15-13(16)14-11-7-8-17-9-11/h10-12H,2-9H2,1H3,(H2,14,15,16). The molecule has 3 atom stereocenters. The molecule has 4 nitrogen and oxygen atoms in total. The SMILES string of the molecule is CCC1CCCCC1NC(=O)NC1CCOC1. The molecule has 98 valence electrons. The maximum atomic E-state index is 11.9. The van der Waals surface area contributed by atoms with E-state index in [0.29, 0.717) is 18.6 Å². The zero-order chi connectivity index (χ0) is 12.1. The van der Waals surface area contributed by atoms with Gasteiger partial charge in [-0.05, 0) is 25.2 Å². The summed E-state index contributed by atoms with van der Waals surface area (Å²) in [7, 11) is 0. The van der Waals surface area contributed by atoms with Crippen molar-refractivity contribution in [2.45, 2.75) is 57.5 Å². The van der Waals surface area contributed by atoms with E-state index >= 15 is 0 Å². The highest BCUT2D eigenvalue weighted by Gasteiger charge is 2.26. The third-order valence-corrected chi connectivity index (χ3v) is 4.01. The van der Waals surface area contributed by atoms with Gasteiger partial charge in [0.25, 0.3) is 0 Å². The molecule has 2 aliphatic rings. The molecule has 0 bridgehead atoms. The second kappa shape index (κ2) is 6.24. The first-order valence-electron chi connectivity index (χ1n) is 6.94. The number of amides is 2. The van der Waals surface area contributed by atoms with Gasteiger partial charge in [0.1, 0.15) is 0 Å².